The normalized spacial score (nSPS) is 16.4. The molecule has 1 saturated heterocycles. The predicted octanol–water partition coefficient (Wildman–Crippen LogP) is 3.93. The predicted molar refractivity (Wildman–Crippen MR) is 131 cm³/mol. The van der Waals surface area contributed by atoms with Crippen LogP contribution in [0.5, 0.6) is 11.5 Å². The van der Waals surface area contributed by atoms with Crippen LogP contribution in [0.15, 0.2) is 52.1 Å². The number of halogens is 1. The van der Waals surface area contributed by atoms with Crippen molar-refractivity contribution in [2.24, 2.45) is 5.16 Å². The lowest BCUT2D eigenvalue weighted by molar-refractivity contribution is -0.115. The molecule has 2 aromatic carbocycles. The van der Waals surface area contributed by atoms with Crippen LogP contribution in [0.1, 0.15) is 24.8 Å². The first-order valence-electron chi connectivity index (χ1n) is 11.0. The van der Waals surface area contributed by atoms with Crippen molar-refractivity contribution >= 4 is 39.3 Å². The maximum absolute atomic E-state index is 12.7. The summed E-state index contributed by atoms with van der Waals surface area (Å²) in [5, 5.41) is 9.87. The number of nitrogens with zero attached hydrogens (tertiary/aromatic N) is 2. The molecule has 10 heteroatoms. The molecule has 0 unspecified atom stereocenters. The summed E-state index contributed by atoms with van der Waals surface area (Å²) in [6, 6.07) is 12.8. The van der Waals surface area contributed by atoms with E-state index in [2.05, 4.69) is 31.7 Å². The van der Waals surface area contributed by atoms with Gasteiger partial charge in [-0.2, -0.15) is 0 Å². The third-order valence-electron chi connectivity index (χ3n) is 6.04. The van der Waals surface area contributed by atoms with Gasteiger partial charge in [0.1, 0.15) is 11.3 Å². The number of rotatable bonds is 6. The van der Waals surface area contributed by atoms with Gasteiger partial charge in [-0.3, -0.25) is 4.79 Å². The fourth-order valence-electron chi connectivity index (χ4n) is 4.07. The zero-order valence-corrected chi connectivity index (χ0v) is 20.7. The average Bonchev–Trinajstić information content (AvgIpc) is 3.26. The van der Waals surface area contributed by atoms with E-state index in [1.54, 1.807) is 25.2 Å². The number of benzene rings is 2. The van der Waals surface area contributed by atoms with E-state index in [0.717, 1.165) is 15.7 Å². The van der Waals surface area contributed by atoms with E-state index < -0.39 is 5.60 Å². The number of nitrogens with one attached hydrogen (secondary N) is 2. The molecule has 4 rings (SSSR count). The maximum atomic E-state index is 12.7. The highest BCUT2D eigenvalue weighted by Gasteiger charge is 2.44. The monoisotopic (exact) mass is 530 g/mol. The number of ether oxygens (including phenoxy) is 2. The van der Waals surface area contributed by atoms with Crippen molar-refractivity contribution in [3.05, 3.63) is 52.5 Å². The van der Waals surface area contributed by atoms with E-state index in [0.29, 0.717) is 56.1 Å². The summed E-state index contributed by atoms with van der Waals surface area (Å²) < 4.78 is 11.4. The highest BCUT2D eigenvalue weighted by atomic mass is 79.9. The number of carbonyl (C=O) groups excluding carboxylic acids is 2. The van der Waals surface area contributed by atoms with E-state index >= 15 is 0 Å². The number of likely N-dealkylation sites (tertiary alicyclic amines) is 1. The molecule has 0 bridgehead atoms. The number of hydrogen-bond donors (Lipinski definition) is 2. The minimum absolute atomic E-state index is 0.153. The van der Waals surface area contributed by atoms with Gasteiger partial charge in [0.05, 0.1) is 14.2 Å². The molecular formula is C24H27BrN4O5. The molecule has 2 aliphatic heterocycles. The molecule has 0 aliphatic carbocycles. The molecule has 1 spiro atoms. The Bertz CT molecular complexity index is 1100. The number of oxime groups is 1. The van der Waals surface area contributed by atoms with Gasteiger partial charge in [0.2, 0.25) is 0 Å². The SMILES string of the molecule is COc1ccc(CNC(=O)C2=NOC3(CCN(C(=O)Nc4cccc(Br)c4)CC3)C2)cc1OC. The molecule has 0 atom stereocenters. The molecule has 0 radical (unpaired) electrons. The quantitative estimate of drug-likeness (QED) is 0.589. The number of methoxy groups -OCH3 is 2. The highest BCUT2D eigenvalue weighted by Crippen LogP contribution is 2.35. The van der Waals surface area contributed by atoms with Crippen LogP contribution in [-0.4, -0.2) is 55.5 Å². The Balaban J connectivity index is 1.26. The number of amides is 3. The lowest BCUT2D eigenvalue weighted by Crippen LogP contribution is -2.48. The van der Waals surface area contributed by atoms with Gasteiger partial charge in [0, 0.05) is 49.1 Å². The van der Waals surface area contributed by atoms with Gasteiger partial charge in [-0.05, 0) is 35.9 Å². The third kappa shape index (κ3) is 5.44. The summed E-state index contributed by atoms with van der Waals surface area (Å²) in [6.45, 7) is 1.38. The second-order valence-corrected chi connectivity index (χ2v) is 9.20. The van der Waals surface area contributed by atoms with Crippen molar-refractivity contribution < 1.29 is 23.9 Å². The Morgan fingerprint density at radius 2 is 1.88 bits per heavy atom. The summed E-state index contributed by atoms with van der Waals surface area (Å²) >= 11 is 3.40. The number of anilines is 1. The maximum Gasteiger partial charge on any atom is 0.321 e. The Labute approximate surface area is 206 Å². The van der Waals surface area contributed by atoms with Crippen LogP contribution in [0.2, 0.25) is 0 Å². The fourth-order valence-corrected chi connectivity index (χ4v) is 4.47. The van der Waals surface area contributed by atoms with Gasteiger partial charge in [-0.25, -0.2) is 4.79 Å². The molecule has 0 aromatic heterocycles. The molecule has 1 fully saturated rings. The van der Waals surface area contributed by atoms with Gasteiger partial charge >= 0.3 is 6.03 Å². The number of carbonyl (C=O) groups is 2. The van der Waals surface area contributed by atoms with Crippen LogP contribution in [0.25, 0.3) is 0 Å². The number of hydrogen-bond acceptors (Lipinski definition) is 6. The molecule has 2 aliphatic rings. The van der Waals surface area contributed by atoms with Crippen molar-refractivity contribution in [3.63, 3.8) is 0 Å². The van der Waals surface area contributed by atoms with Crippen molar-refractivity contribution in [3.8, 4) is 11.5 Å². The second kappa shape index (κ2) is 10.3. The largest absolute Gasteiger partial charge is 0.493 e. The Morgan fingerprint density at radius 3 is 2.59 bits per heavy atom. The first-order chi connectivity index (χ1) is 16.4. The van der Waals surface area contributed by atoms with Crippen LogP contribution in [-0.2, 0) is 16.2 Å². The van der Waals surface area contributed by atoms with Crippen molar-refractivity contribution in [1.29, 1.82) is 0 Å². The molecule has 0 saturated carbocycles. The van der Waals surface area contributed by atoms with E-state index in [1.807, 2.05) is 36.4 Å². The Kier molecular flexibility index (Phi) is 7.26. The van der Waals surface area contributed by atoms with E-state index in [1.165, 1.54) is 0 Å². The molecule has 180 valence electrons. The lowest BCUT2D eigenvalue weighted by atomic mass is 9.87. The molecule has 34 heavy (non-hydrogen) atoms. The van der Waals surface area contributed by atoms with Crippen LogP contribution in [0, 0.1) is 0 Å². The summed E-state index contributed by atoms with van der Waals surface area (Å²) in [5.74, 6) is 0.969. The highest BCUT2D eigenvalue weighted by molar-refractivity contribution is 9.10. The summed E-state index contributed by atoms with van der Waals surface area (Å²) in [7, 11) is 3.15. The number of piperidine rings is 1. The molecule has 2 heterocycles. The molecule has 3 amide bonds. The van der Waals surface area contributed by atoms with E-state index in [9.17, 15) is 9.59 Å². The molecular weight excluding hydrogens is 504 g/mol. The first kappa shape index (κ1) is 23.9. The Morgan fingerprint density at radius 1 is 1.12 bits per heavy atom. The zero-order chi connectivity index (χ0) is 24.1. The second-order valence-electron chi connectivity index (χ2n) is 8.29. The van der Waals surface area contributed by atoms with Crippen LogP contribution >= 0.6 is 15.9 Å². The standard InChI is InChI=1S/C24H27BrN4O5/c1-32-20-7-6-16(12-21(20)33-2)15-26-22(30)19-14-24(34-28-19)8-10-29(11-9-24)23(31)27-18-5-3-4-17(25)13-18/h3-7,12-13H,8-11,14-15H2,1-2H3,(H,26,30)(H,27,31). The minimum Gasteiger partial charge on any atom is -0.493 e. The van der Waals surface area contributed by atoms with Gasteiger partial charge in [0.25, 0.3) is 5.91 Å². The van der Waals surface area contributed by atoms with E-state index in [-0.39, 0.29) is 11.9 Å². The number of urea groups is 1. The first-order valence-corrected chi connectivity index (χ1v) is 11.8. The van der Waals surface area contributed by atoms with Crippen LogP contribution in [0.3, 0.4) is 0 Å². The Hall–Kier alpha value is -3.27. The van der Waals surface area contributed by atoms with Crippen molar-refractivity contribution in [2.45, 2.75) is 31.4 Å². The fraction of sp³-hybridized carbons (Fsp3) is 0.375. The topological polar surface area (TPSA) is 101 Å². The molecule has 2 N–H and O–H groups in total. The van der Waals surface area contributed by atoms with Gasteiger partial charge in [-0.1, -0.05) is 33.2 Å². The lowest BCUT2D eigenvalue weighted by Gasteiger charge is -2.37. The smallest absolute Gasteiger partial charge is 0.321 e. The van der Waals surface area contributed by atoms with E-state index in [4.69, 9.17) is 14.3 Å². The zero-order valence-electron chi connectivity index (χ0n) is 19.1. The van der Waals surface area contributed by atoms with Gasteiger partial charge in [-0.15, -0.1) is 0 Å². The van der Waals surface area contributed by atoms with Crippen LogP contribution in [0.4, 0.5) is 10.5 Å². The van der Waals surface area contributed by atoms with Gasteiger partial charge < -0.3 is 29.8 Å². The minimum atomic E-state index is -0.539. The molecule has 9 nitrogen and oxygen atoms in total. The summed E-state index contributed by atoms with van der Waals surface area (Å²) in [6.07, 6.45) is 1.63. The van der Waals surface area contributed by atoms with Crippen LogP contribution < -0.4 is 20.1 Å². The summed E-state index contributed by atoms with van der Waals surface area (Å²) in [4.78, 5) is 32.8. The van der Waals surface area contributed by atoms with Gasteiger partial charge in [0.15, 0.2) is 11.5 Å². The van der Waals surface area contributed by atoms with Crippen molar-refractivity contribution in [2.75, 3.05) is 32.6 Å². The average molecular weight is 531 g/mol. The van der Waals surface area contributed by atoms with Crippen molar-refractivity contribution in [1.82, 2.24) is 10.2 Å². The summed E-state index contributed by atoms with van der Waals surface area (Å²) in [5.41, 5.74) is 1.44. The molecule has 2 aromatic rings. The third-order valence-corrected chi connectivity index (χ3v) is 6.53.